The van der Waals surface area contributed by atoms with Gasteiger partial charge >= 0.3 is 0 Å². The summed E-state index contributed by atoms with van der Waals surface area (Å²) in [5.74, 6) is -0.418. The van der Waals surface area contributed by atoms with Crippen molar-refractivity contribution in [3.05, 3.63) is 103 Å². The van der Waals surface area contributed by atoms with E-state index in [1.807, 2.05) is 0 Å². The Hall–Kier alpha value is -3.89. The zero-order valence-corrected chi connectivity index (χ0v) is 20.3. The minimum Gasteiger partial charge on any atom is -0.493 e. The number of imide groups is 1. The minimum absolute atomic E-state index is 0.145. The van der Waals surface area contributed by atoms with Gasteiger partial charge in [0.05, 0.1) is 28.5 Å². The normalized spacial score (nSPS) is 14.4. The highest BCUT2D eigenvalue weighted by atomic mass is 35.5. The molecule has 184 valence electrons. The number of nitro groups is 1. The molecule has 1 aliphatic rings. The summed E-state index contributed by atoms with van der Waals surface area (Å²) in [5, 5.41) is 11.0. The Balaban J connectivity index is 1.56. The predicted molar refractivity (Wildman–Crippen MR) is 133 cm³/mol. The number of ether oxygens (including phenoxy) is 2. The van der Waals surface area contributed by atoms with Crippen LogP contribution in [-0.2, 0) is 17.9 Å². The summed E-state index contributed by atoms with van der Waals surface area (Å²) in [6.45, 7) is -0.378. The first-order valence-electron chi connectivity index (χ1n) is 10.5. The monoisotopic (exact) mass is 528 g/mol. The third kappa shape index (κ3) is 5.34. The molecule has 3 aromatic carbocycles. The maximum Gasteiger partial charge on any atom is 0.293 e. The van der Waals surface area contributed by atoms with Crippen molar-refractivity contribution in [3.8, 4) is 11.5 Å². The molecule has 11 heteroatoms. The lowest BCUT2D eigenvalue weighted by Crippen LogP contribution is -2.27. The van der Waals surface area contributed by atoms with Gasteiger partial charge in [-0.25, -0.2) is 4.39 Å². The number of benzene rings is 3. The van der Waals surface area contributed by atoms with Gasteiger partial charge in [0.2, 0.25) is 0 Å². The van der Waals surface area contributed by atoms with Crippen molar-refractivity contribution in [1.82, 2.24) is 4.90 Å². The summed E-state index contributed by atoms with van der Waals surface area (Å²) < 4.78 is 25.2. The Kier molecular flexibility index (Phi) is 7.56. The second kappa shape index (κ2) is 10.8. The summed E-state index contributed by atoms with van der Waals surface area (Å²) in [6, 6.07) is 15.1. The van der Waals surface area contributed by atoms with Gasteiger partial charge in [-0.2, -0.15) is 0 Å². The maximum absolute atomic E-state index is 14.1. The van der Waals surface area contributed by atoms with Crippen LogP contribution < -0.4 is 9.47 Å². The van der Waals surface area contributed by atoms with Crippen LogP contribution >= 0.6 is 23.4 Å². The first kappa shape index (κ1) is 25.2. The molecule has 2 amide bonds. The highest BCUT2D eigenvalue weighted by Crippen LogP contribution is 2.36. The van der Waals surface area contributed by atoms with Crippen LogP contribution in [0.5, 0.6) is 11.5 Å². The zero-order chi connectivity index (χ0) is 25.8. The maximum atomic E-state index is 14.1. The predicted octanol–water partition coefficient (Wildman–Crippen LogP) is 6.21. The van der Waals surface area contributed by atoms with Crippen LogP contribution in [0.1, 0.15) is 16.7 Å². The number of hydrogen-bond acceptors (Lipinski definition) is 7. The van der Waals surface area contributed by atoms with Crippen LogP contribution in [0.25, 0.3) is 6.08 Å². The molecule has 1 saturated heterocycles. The molecule has 0 atom stereocenters. The SMILES string of the molecule is COc1ccc(/C=C2/SC(=O)N(Cc3ccccc3[N+](=O)[O-])C2=O)cc1OCc1c(F)cccc1Cl. The van der Waals surface area contributed by atoms with Gasteiger partial charge in [0.15, 0.2) is 11.5 Å². The first-order valence-corrected chi connectivity index (χ1v) is 11.7. The Morgan fingerprint density at radius 1 is 1.11 bits per heavy atom. The summed E-state index contributed by atoms with van der Waals surface area (Å²) in [5.41, 5.74) is 0.787. The van der Waals surface area contributed by atoms with Gasteiger partial charge in [-0.1, -0.05) is 41.9 Å². The third-order valence-corrected chi connectivity index (χ3v) is 6.57. The summed E-state index contributed by atoms with van der Waals surface area (Å²) in [7, 11) is 1.45. The molecule has 0 aromatic heterocycles. The smallest absolute Gasteiger partial charge is 0.293 e. The molecule has 0 N–H and O–H groups in total. The standard InChI is InChI=1S/C25H18ClFN2O6S/c1-34-21-10-9-15(11-22(21)35-14-17-18(26)6-4-7-19(17)27)12-23-24(30)28(25(31)36-23)13-16-5-2-3-8-20(16)29(32)33/h2-12H,13-14H2,1H3/b23-12+. The molecular formula is C25H18ClFN2O6S. The van der Waals surface area contributed by atoms with Gasteiger partial charge in [0.25, 0.3) is 16.8 Å². The average molecular weight is 529 g/mol. The Labute approximate surface area is 214 Å². The molecule has 1 aliphatic heterocycles. The minimum atomic E-state index is -0.570. The number of hydrogen-bond donors (Lipinski definition) is 0. The molecule has 0 radical (unpaired) electrons. The van der Waals surface area contributed by atoms with Crippen LogP contribution in [0.15, 0.2) is 65.6 Å². The largest absolute Gasteiger partial charge is 0.493 e. The Bertz CT molecular complexity index is 1380. The number of methoxy groups -OCH3 is 1. The Morgan fingerprint density at radius 3 is 2.61 bits per heavy atom. The van der Waals surface area contributed by atoms with Crippen molar-refractivity contribution in [2.24, 2.45) is 0 Å². The van der Waals surface area contributed by atoms with Crippen molar-refractivity contribution >= 4 is 46.3 Å². The highest BCUT2D eigenvalue weighted by molar-refractivity contribution is 8.18. The van der Waals surface area contributed by atoms with E-state index in [1.165, 1.54) is 43.5 Å². The third-order valence-electron chi connectivity index (χ3n) is 5.31. The van der Waals surface area contributed by atoms with E-state index in [9.17, 15) is 24.1 Å². The van der Waals surface area contributed by atoms with Gasteiger partial charge in [-0.3, -0.25) is 24.6 Å². The molecular weight excluding hydrogens is 511 g/mol. The molecule has 0 aliphatic carbocycles. The van der Waals surface area contributed by atoms with Gasteiger partial charge in [-0.15, -0.1) is 0 Å². The van der Waals surface area contributed by atoms with E-state index in [0.717, 1.165) is 16.7 Å². The molecule has 0 bridgehead atoms. The molecule has 1 fully saturated rings. The van der Waals surface area contributed by atoms with E-state index >= 15 is 0 Å². The van der Waals surface area contributed by atoms with E-state index in [4.69, 9.17) is 21.1 Å². The molecule has 0 spiro atoms. The zero-order valence-electron chi connectivity index (χ0n) is 18.8. The van der Waals surface area contributed by atoms with Crippen LogP contribution in [0.2, 0.25) is 5.02 Å². The van der Waals surface area contributed by atoms with Crippen LogP contribution in [-0.4, -0.2) is 28.1 Å². The van der Waals surface area contributed by atoms with Crippen LogP contribution in [0.4, 0.5) is 14.9 Å². The topological polar surface area (TPSA) is 99.0 Å². The van der Waals surface area contributed by atoms with Crippen molar-refractivity contribution in [2.75, 3.05) is 7.11 Å². The molecule has 36 heavy (non-hydrogen) atoms. The number of carbonyl (C=O) groups excluding carboxylic acids is 2. The lowest BCUT2D eigenvalue weighted by atomic mass is 10.1. The number of amides is 2. The van der Waals surface area contributed by atoms with E-state index in [0.29, 0.717) is 11.3 Å². The van der Waals surface area contributed by atoms with Crippen molar-refractivity contribution < 1.29 is 28.4 Å². The number of thioether (sulfide) groups is 1. The van der Waals surface area contributed by atoms with E-state index < -0.39 is 21.9 Å². The first-order chi connectivity index (χ1) is 17.3. The number of nitro benzene ring substituents is 1. The number of halogens is 2. The fraction of sp³-hybridized carbons (Fsp3) is 0.120. The summed E-state index contributed by atoms with van der Waals surface area (Å²) in [4.78, 5) is 37.3. The number of carbonyl (C=O) groups is 2. The van der Waals surface area contributed by atoms with E-state index in [-0.39, 0.29) is 45.6 Å². The summed E-state index contributed by atoms with van der Waals surface area (Å²) in [6.07, 6.45) is 1.51. The van der Waals surface area contributed by atoms with Gasteiger partial charge < -0.3 is 9.47 Å². The lowest BCUT2D eigenvalue weighted by molar-refractivity contribution is -0.385. The van der Waals surface area contributed by atoms with Crippen molar-refractivity contribution in [1.29, 1.82) is 0 Å². The molecule has 4 rings (SSSR count). The summed E-state index contributed by atoms with van der Waals surface area (Å²) >= 11 is 6.80. The quantitative estimate of drug-likeness (QED) is 0.195. The van der Waals surface area contributed by atoms with Gasteiger partial charge in [0, 0.05) is 17.2 Å². The Morgan fingerprint density at radius 2 is 1.89 bits per heavy atom. The van der Waals surface area contributed by atoms with Crippen molar-refractivity contribution in [3.63, 3.8) is 0 Å². The van der Waals surface area contributed by atoms with Crippen LogP contribution in [0.3, 0.4) is 0 Å². The molecule has 0 unspecified atom stereocenters. The number of nitrogens with zero attached hydrogens (tertiary/aromatic N) is 2. The molecule has 0 saturated carbocycles. The number of rotatable bonds is 8. The second-order valence-electron chi connectivity index (χ2n) is 7.55. The van der Waals surface area contributed by atoms with Crippen LogP contribution in [0, 0.1) is 15.9 Å². The van der Waals surface area contributed by atoms with Gasteiger partial charge in [0.1, 0.15) is 12.4 Å². The van der Waals surface area contributed by atoms with E-state index in [2.05, 4.69) is 0 Å². The lowest BCUT2D eigenvalue weighted by Gasteiger charge is -2.13. The van der Waals surface area contributed by atoms with E-state index in [1.54, 1.807) is 30.3 Å². The molecule has 8 nitrogen and oxygen atoms in total. The second-order valence-corrected chi connectivity index (χ2v) is 8.95. The molecule has 3 aromatic rings. The molecule has 1 heterocycles. The fourth-order valence-corrected chi connectivity index (χ4v) is 4.55. The average Bonchev–Trinajstić information content (AvgIpc) is 3.11. The van der Waals surface area contributed by atoms with Crippen molar-refractivity contribution in [2.45, 2.75) is 13.2 Å². The fourth-order valence-electron chi connectivity index (χ4n) is 3.50. The number of para-hydroxylation sites is 1. The van der Waals surface area contributed by atoms with Gasteiger partial charge in [-0.05, 0) is 47.7 Å². The highest BCUT2D eigenvalue weighted by Gasteiger charge is 2.36.